The minimum absolute atomic E-state index is 0.139. The van der Waals surface area contributed by atoms with E-state index in [2.05, 4.69) is 10.3 Å². The Bertz CT molecular complexity index is 603. The van der Waals surface area contributed by atoms with Crippen molar-refractivity contribution in [3.8, 4) is 10.6 Å². The fraction of sp³-hybridized carbons (Fsp3) is 0.500. The maximum atomic E-state index is 12.0. The van der Waals surface area contributed by atoms with Gasteiger partial charge in [0.05, 0.1) is 24.1 Å². The lowest BCUT2D eigenvalue weighted by molar-refractivity contribution is 0.0520. The highest BCUT2D eigenvalue weighted by molar-refractivity contribution is 7.13. The van der Waals surface area contributed by atoms with Crippen molar-refractivity contribution in [2.45, 2.75) is 32.4 Å². The van der Waals surface area contributed by atoms with Gasteiger partial charge in [0.25, 0.3) is 0 Å². The molecule has 1 saturated heterocycles. The smallest absolute Gasteiger partial charge is 0.361 e. The summed E-state index contributed by atoms with van der Waals surface area (Å²) in [6, 6.07) is 3.90. The number of esters is 1. The predicted molar refractivity (Wildman–Crippen MR) is 78.3 cm³/mol. The topological polar surface area (TPSA) is 66.2 Å². The van der Waals surface area contributed by atoms with E-state index in [1.807, 2.05) is 17.5 Å². The number of hydrogen-bond acceptors (Lipinski definition) is 6. The van der Waals surface area contributed by atoms with E-state index in [9.17, 15) is 4.79 Å². The van der Waals surface area contributed by atoms with Gasteiger partial charge < -0.3 is 9.47 Å². The summed E-state index contributed by atoms with van der Waals surface area (Å²) in [5, 5.41) is 10.1. The molecule has 0 radical (unpaired) electrons. The van der Waals surface area contributed by atoms with Gasteiger partial charge in [-0.25, -0.2) is 9.48 Å². The molecule has 0 aromatic carbocycles. The van der Waals surface area contributed by atoms with Crippen molar-refractivity contribution in [1.29, 1.82) is 0 Å². The first-order valence-corrected chi connectivity index (χ1v) is 7.93. The third-order valence-electron chi connectivity index (χ3n) is 3.36. The van der Waals surface area contributed by atoms with Crippen LogP contribution in [0.2, 0.25) is 0 Å². The third kappa shape index (κ3) is 2.98. The third-order valence-corrected chi connectivity index (χ3v) is 4.24. The molecule has 2 aromatic heterocycles. The average Bonchev–Trinajstić information content (AvgIpc) is 3.20. The Kier molecular flexibility index (Phi) is 4.31. The molecule has 112 valence electrons. The van der Waals surface area contributed by atoms with Gasteiger partial charge in [-0.2, -0.15) is 0 Å². The van der Waals surface area contributed by atoms with Crippen molar-refractivity contribution < 1.29 is 14.3 Å². The van der Waals surface area contributed by atoms with E-state index in [0.717, 1.165) is 30.0 Å². The van der Waals surface area contributed by atoms with Crippen LogP contribution in [0.1, 0.15) is 30.3 Å². The normalized spacial score (nSPS) is 18.0. The molecule has 0 aliphatic carbocycles. The first-order chi connectivity index (χ1) is 10.3. The fourth-order valence-electron chi connectivity index (χ4n) is 2.42. The zero-order valence-corrected chi connectivity index (χ0v) is 12.6. The summed E-state index contributed by atoms with van der Waals surface area (Å²) >= 11 is 1.55. The molecule has 0 saturated carbocycles. The number of hydrogen-bond donors (Lipinski definition) is 0. The zero-order chi connectivity index (χ0) is 14.7. The monoisotopic (exact) mass is 307 g/mol. The standard InChI is InChI=1S/C14H17N3O3S/c1-2-19-14(18)12-13(11-6-4-8-21-11)17(16-15-12)9-10-5-3-7-20-10/h4,6,8,10H,2-3,5,7,9H2,1H3. The second-order valence-corrected chi connectivity index (χ2v) is 5.75. The molecular weight excluding hydrogens is 290 g/mol. The Balaban J connectivity index is 1.94. The van der Waals surface area contributed by atoms with Crippen LogP contribution < -0.4 is 0 Å². The second kappa shape index (κ2) is 6.36. The Morgan fingerprint density at radius 2 is 2.52 bits per heavy atom. The van der Waals surface area contributed by atoms with Gasteiger partial charge in [0.15, 0.2) is 5.69 Å². The zero-order valence-electron chi connectivity index (χ0n) is 11.8. The number of thiophene rings is 1. The lowest BCUT2D eigenvalue weighted by atomic mass is 10.2. The molecule has 21 heavy (non-hydrogen) atoms. The Morgan fingerprint density at radius 1 is 1.62 bits per heavy atom. The van der Waals surface area contributed by atoms with Crippen LogP contribution in [0.5, 0.6) is 0 Å². The van der Waals surface area contributed by atoms with Gasteiger partial charge in [-0.15, -0.1) is 16.4 Å². The van der Waals surface area contributed by atoms with Gasteiger partial charge in [0.2, 0.25) is 0 Å². The van der Waals surface area contributed by atoms with Crippen molar-refractivity contribution in [2.75, 3.05) is 13.2 Å². The van der Waals surface area contributed by atoms with Crippen molar-refractivity contribution in [2.24, 2.45) is 0 Å². The lowest BCUT2D eigenvalue weighted by Crippen LogP contribution is -2.17. The molecule has 1 fully saturated rings. The Hall–Kier alpha value is -1.73. The number of rotatable bonds is 5. The predicted octanol–water partition coefficient (Wildman–Crippen LogP) is 2.36. The summed E-state index contributed by atoms with van der Waals surface area (Å²) in [7, 11) is 0. The van der Waals surface area contributed by atoms with Crippen LogP contribution in [0, 0.1) is 0 Å². The molecule has 0 N–H and O–H groups in total. The second-order valence-electron chi connectivity index (χ2n) is 4.80. The Labute approximate surface area is 126 Å². The lowest BCUT2D eigenvalue weighted by Gasteiger charge is -2.11. The van der Waals surface area contributed by atoms with E-state index in [1.165, 1.54) is 0 Å². The number of carbonyl (C=O) groups excluding carboxylic acids is 1. The number of carbonyl (C=O) groups is 1. The van der Waals surface area contributed by atoms with Gasteiger partial charge in [0, 0.05) is 6.61 Å². The van der Waals surface area contributed by atoms with E-state index in [-0.39, 0.29) is 11.8 Å². The molecule has 3 heterocycles. The highest BCUT2D eigenvalue weighted by atomic mass is 32.1. The summed E-state index contributed by atoms with van der Waals surface area (Å²) < 4.78 is 12.5. The largest absolute Gasteiger partial charge is 0.461 e. The number of aromatic nitrogens is 3. The quantitative estimate of drug-likeness (QED) is 0.793. The highest BCUT2D eigenvalue weighted by Gasteiger charge is 2.25. The minimum Gasteiger partial charge on any atom is -0.461 e. The SMILES string of the molecule is CCOC(=O)c1nnn(CC2CCCO2)c1-c1cccs1. The highest BCUT2D eigenvalue weighted by Crippen LogP contribution is 2.28. The van der Waals surface area contributed by atoms with Gasteiger partial charge in [-0.1, -0.05) is 11.3 Å². The van der Waals surface area contributed by atoms with Crippen LogP contribution in [-0.2, 0) is 16.0 Å². The molecule has 7 heteroatoms. The van der Waals surface area contributed by atoms with Crippen molar-refractivity contribution in [3.63, 3.8) is 0 Å². The molecule has 0 bridgehead atoms. The fourth-order valence-corrected chi connectivity index (χ4v) is 3.19. The van der Waals surface area contributed by atoms with Gasteiger partial charge in [0.1, 0.15) is 5.69 Å². The molecule has 6 nitrogen and oxygen atoms in total. The van der Waals surface area contributed by atoms with Crippen molar-refractivity contribution >= 4 is 17.3 Å². The van der Waals surface area contributed by atoms with Crippen molar-refractivity contribution in [3.05, 3.63) is 23.2 Å². The van der Waals surface area contributed by atoms with Crippen LogP contribution in [0.25, 0.3) is 10.6 Å². The van der Waals surface area contributed by atoms with Crippen LogP contribution in [-0.4, -0.2) is 40.3 Å². The number of nitrogens with zero attached hydrogens (tertiary/aromatic N) is 3. The molecule has 1 aliphatic heterocycles. The Morgan fingerprint density at radius 3 is 3.19 bits per heavy atom. The van der Waals surface area contributed by atoms with Crippen LogP contribution >= 0.6 is 11.3 Å². The molecule has 0 spiro atoms. The summed E-state index contributed by atoms with van der Waals surface area (Å²) in [6.07, 6.45) is 2.22. The molecule has 2 aromatic rings. The molecule has 3 rings (SSSR count). The first kappa shape index (κ1) is 14.2. The van der Waals surface area contributed by atoms with Crippen molar-refractivity contribution in [1.82, 2.24) is 15.0 Å². The van der Waals surface area contributed by atoms with E-state index >= 15 is 0 Å². The van der Waals surface area contributed by atoms with Gasteiger partial charge in [-0.3, -0.25) is 0 Å². The molecule has 1 aliphatic rings. The van der Waals surface area contributed by atoms with Crippen LogP contribution in [0.3, 0.4) is 0 Å². The average molecular weight is 307 g/mol. The van der Waals surface area contributed by atoms with Gasteiger partial charge >= 0.3 is 5.97 Å². The summed E-state index contributed by atoms with van der Waals surface area (Å²) in [5.41, 5.74) is 0.997. The minimum atomic E-state index is -0.431. The van der Waals surface area contributed by atoms with E-state index in [1.54, 1.807) is 22.9 Å². The summed E-state index contributed by atoms with van der Waals surface area (Å²) in [4.78, 5) is 13.0. The van der Waals surface area contributed by atoms with Gasteiger partial charge in [-0.05, 0) is 31.2 Å². The molecule has 0 amide bonds. The maximum absolute atomic E-state index is 12.0. The van der Waals surface area contributed by atoms with Crippen LogP contribution in [0.4, 0.5) is 0 Å². The number of ether oxygens (including phenoxy) is 2. The van der Waals surface area contributed by atoms with E-state index in [4.69, 9.17) is 9.47 Å². The molecule has 1 atom stereocenters. The first-order valence-electron chi connectivity index (χ1n) is 7.05. The summed E-state index contributed by atoms with van der Waals surface area (Å²) in [5.74, 6) is -0.431. The van der Waals surface area contributed by atoms with E-state index < -0.39 is 5.97 Å². The summed E-state index contributed by atoms with van der Waals surface area (Å²) in [6.45, 7) is 3.50. The molecular formula is C14H17N3O3S. The maximum Gasteiger partial charge on any atom is 0.361 e. The van der Waals surface area contributed by atoms with E-state index in [0.29, 0.717) is 13.2 Å². The van der Waals surface area contributed by atoms with Crippen LogP contribution in [0.15, 0.2) is 17.5 Å². The molecule has 1 unspecified atom stereocenters.